The van der Waals surface area contributed by atoms with E-state index in [1.807, 2.05) is 0 Å². The molecule has 3 rings (SSSR count). The summed E-state index contributed by atoms with van der Waals surface area (Å²) in [6.07, 6.45) is 8.46. The Labute approximate surface area is 132 Å². The number of rotatable bonds is 3. The van der Waals surface area contributed by atoms with E-state index in [9.17, 15) is 0 Å². The van der Waals surface area contributed by atoms with Gasteiger partial charge in [0.25, 0.3) is 0 Å². The summed E-state index contributed by atoms with van der Waals surface area (Å²) in [7, 11) is 0. The number of benzene rings is 1. The lowest BCUT2D eigenvalue weighted by molar-refractivity contribution is -0.127. The number of hydrogen-bond donors (Lipinski definition) is 0. The van der Waals surface area contributed by atoms with Crippen molar-refractivity contribution in [1.82, 2.24) is 0 Å². The van der Waals surface area contributed by atoms with Crippen molar-refractivity contribution in [2.75, 3.05) is 0 Å². The molecule has 0 amide bonds. The van der Waals surface area contributed by atoms with Gasteiger partial charge in [0, 0.05) is 14.7 Å². The molecule has 1 spiro atoms. The van der Waals surface area contributed by atoms with Crippen LogP contribution in [0.15, 0.2) is 28.7 Å². The van der Waals surface area contributed by atoms with Crippen LogP contribution in [0.1, 0.15) is 44.1 Å². The van der Waals surface area contributed by atoms with Crippen LogP contribution in [0, 0.1) is 5.41 Å². The van der Waals surface area contributed by atoms with Gasteiger partial charge in [-0.2, -0.15) is 0 Å². The Morgan fingerprint density at radius 2 is 2.00 bits per heavy atom. The fourth-order valence-corrected chi connectivity index (χ4v) is 5.14. The Hall–Kier alpha value is 0.140. The average molecular weight is 388 g/mol. The highest BCUT2D eigenvalue weighted by Crippen LogP contribution is 2.56. The van der Waals surface area contributed by atoms with Crippen LogP contribution in [0.4, 0.5) is 0 Å². The summed E-state index contributed by atoms with van der Waals surface area (Å²) in [6.45, 7) is 0.742. The maximum atomic E-state index is 6.23. The summed E-state index contributed by atoms with van der Waals surface area (Å²) in [5.41, 5.74) is 1.70. The van der Waals surface area contributed by atoms with Crippen LogP contribution in [0.5, 0.6) is 0 Å². The average Bonchev–Trinajstić information content (AvgIpc) is 2.44. The lowest BCUT2D eigenvalue weighted by Gasteiger charge is -2.55. The summed E-state index contributed by atoms with van der Waals surface area (Å²) >= 11 is 7.39. The maximum absolute atomic E-state index is 6.23. The van der Waals surface area contributed by atoms with Gasteiger partial charge in [-0.3, -0.25) is 0 Å². The zero-order chi connectivity index (χ0) is 13.3. The van der Waals surface area contributed by atoms with Crippen LogP contribution >= 0.6 is 31.9 Å². The van der Waals surface area contributed by atoms with Crippen LogP contribution in [0.3, 0.4) is 0 Å². The van der Waals surface area contributed by atoms with Gasteiger partial charge in [0.2, 0.25) is 0 Å². The second-order valence-electron chi connectivity index (χ2n) is 5.93. The smallest absolute Gasteiger partial charge is 0.0721 e. The predicted molar refractivity (Wildman–Crippen MR) is 85.6 cm³/mol. The molecular weight excluding hydrogens is 368 g/mol. The predicted octanol–water partition coefficient (Wildman–Crippen LogP) is 5.45. The number of halogens is 2. The molecular formula is C16H20Br2O. The fraction of sp³-hybridized carbons (Fsp3) is 0.625. The van der Waals surface area contributed by atoms with Crippen molar-refractivity contribution in [3.63, 3.8) is 0 Å². The highest BCUT2D eigenvalue weighted by atomic mass is 79.9. The molecule has 1 aromatic rings. The highest BCUT2D eigenvalue weighted by Gasteiger charge is 2.54. The maximum Gasteiger partial charge on any atom is 0.0721 e. The van der Waals surface area contributed by atoms with E-state index in [2.05, 4.69) is 56.1 Å². The SMILES string of the molecule is Brc1cccc(COC2CC(Br)C23CCCCC3)c1. The topological polar surface area (TPSA) is 9.23 Å². The molecule has 0 heterocycles. The van der Waals surface area contributed by atoms with E-state index < -0.39 is 0 Å². The van der Waals surface area contributed by atoms with Crippen LogP contribution < -0.4 is 0 Å². The van der Waals surface area contributed by atoms with Crippen molar-refractivity contribution in [3.8, 4) is 0 Å². The van der Waals surface area contributed by atoms with Crippen molar-refractivity contribution < 1.29 is 4.74 Å². The van der Waals surface area contributed by atoms with Crippen LogP contribution in [-0.4, -0.2) is 10.9 Å². The van der Waals surface area contributed by atoms with Gasteiger partial charge in [-0.1, -0.05) is 63.3 Å². The van der Waals surface area contributed by atoms with Gasteiger partial charge in [-0.05, 0) is 37.0 Å². The van der Waals surface area contributed by atoms with Gasteiger partial charge in [0.05, 0.1) is 12.7 Å². The minimum atomic E-state index is 0.435. The summed E-state index contributed by atoms with van der Waals surface area (Å²) < 4.78 is 7.36. The molecule has 0 radical (unpaired) electrons. The molecule has 0 aliphatic heterocycles. The molecule has 3 heteroatoms. The van der Waals surface area contributed by atoms with Crippen molar-refractivity contribution in [3.05, 3.63) is 34.3 Å². The highest BCUT2D eigenvalue weighted by molar-refractivity contribution is 9.10. The van der Waals surface area contributed by atoms with Gasteiger partial charge in [0.1, 0.15) is 0 Å². The van der Waals surface area contributed by atoms with E-state index in [4.69, 9.17) is 4.74 Å². The zero-order valence-electron chi connectivity index (χ0n) is 11.1. The molecule has 104 valence electrons. The van der Waals surface area contributed by atoms with E-state index in [1.165, 1.54) is 44.1 Å². The molecule has 0 N–H and O–H groups in total. The van der Waals surface area contributed by atoms with Crippen molar-refractivity contribution >= 4 is 31.9 Å². The third-order valence-electron chi connectivity index (χ3n) is 4.81. The van der Waals surface area contributed by atoms with E-state index in [0.29, 0.717) is 16.3 Å². The first-order valence-corrected chi connectivity index (χ1v) is 8.92. The lowest BCUT2D eigenvalue weighted by atomic mass is 9.58. The van der Waals surface area contributed by atoms with Crippen LogP contribution in [0.2, 0.25) is 0 Å². The van der Waals surface area contributed by atoms with Crippen molar-refractivity contribution in [1.29, 1.82) is 0 Å². The molecule has 2 saturated carbocycles. The Morgan fingerprint density at radius 3 is 2.68 bits per heavy atom. The Balaban J connectivity index is 1.61. The summed E-state index contributed by atoms with van der Waals surface area (Å²) in [5, 5.41) is 0. The van der Waals surface area contributed by atoms with Crippen LogP contribution in [0.25, 0.3) is 0 Å². The molecule has 2 fully saturated rings. The lowest BCUT2D eigenvalue weighted by Crippen LogP contribution is -2.56. The van der Waals surface area contributed by atoms with Gasteiger partial charge >= 0.3 is 0 Å². The summed E-state index contributed by atoms with van der Waals surface area (Å²) in [5.74, 6) is 0. The standard InChI is InChI=1S/C16H20Br2O/c17-13-6-4-5-12(9-13)11-19-15-10-14(18)16(15)7-2-1-3-8-16/h4-6,9,14-15H,1-3,7-8,10-11H2. The molecule has 0 bridgehead atoms. The first-order chi connectivity index (χ1) is 9.21. The van der Waals surface area contributed by atoms with E-state index in [-0.39, 0.29) is 0 Å². The van der Waals surface area contributed by atoms with Gasteiger partial charge in [-0.25, -0.2) is 0 Å². The number of alkyl halides is 1. The third kappa shape index (κ3) is 2.79. The largest absolute Gasteiger partial charge is 0.373 e. The van der Waals surface area contributed by atoms with Crippen molar-refractivity contribution in [2.24, 2.45) is 5.41 Å². The quantitative estimate of drug-likeness (QED) is 0.626. The molecule has 1 aromatic carbocycles. The second-order valence-corrected chi connectivity index (χ2v) is 7.95. The monoisotopic (exact) mass is 386 g/mol. The molecule has 2 aliphatic rings. The second kappa shape index (κ2) is 5.87. The Morgan fingerprint density at radius 1 is 1.21 bits per heavy atom. The van der Waals surface area contributed by atoms with Gasteiger partial charge < -0.3 is 4.74 Å². The first kappa shape index (κ1) is 14.1. The molecule has 19 heavy (non-hydrogen) atoms. The van der Waals surface area contributed by atoms with Gasteiger partial charge in [0.15, 0.2) is 0 Å². The summed E-state index contributed by atoms with van der Waals surface area (Å²) in [6, 6.07) is 8.43. The third-order valence-corrected chi connectivity index (χ3v) is 6.59. The van der Waals surface area contributed by atoms with E-state index in [0.717, 1.165) is 11.1 Å². The van der Waals surface area contributed by atoms with Gasteiger partial charge in [-0.15, -0.1) is 0 Å². The minimum absolute atomic E-state index is 0.435. The normalized spacial score (nSPS) is 29.2. The fourth-order valence-electron chi connectivity index (χ4n) is 3.60. The minimum Gasteiger partial charge on any atom is -0.373 e. The Bertz CT molecular complexity index is 440. The van der Waals surface area contributed by atoms with E-state index >= 15 is 0 Å². The Kier molecular flexibility index (Phi) is 4.35. The molecule has 0 saturated heterocycles. The molecule has 0 aromatic heterocycles. The van der Waals surface area contributed by atoms with Crippen LogP contribution in [-0.2, 0) is 11.3 Å². The number of hydrogen-bond acceptors (Lipinski definition) is 1. The number of ether oxygens (including phenoxy) is 1. The summed E-state index contributed by atoms with van der Waals surface area (Å²) in [4.78, 5) is 0.674. The first-order valence-electron chi connectivity index (χ1n) is 7.21. The molecule has 1 nitrogen and oxygen atoms in total. The zero-order valence-corrected chi connectivity index (χ0v) is 14.3. The molecule has 2 unspecified atom stereocenters. The van der Waals surface area contributed by atoms with Crippen molar-refractivity contribution in [2.45, 2.75) is 56.1 Å². The van der Waals surface area contributed by atoms with E-state index in [1.54, 1.807) is 0 Å². The molecule has 2 atom stereocenters. The molecule has 2 aliphatic carbocycles.